The number of carbonyl (C=O) groups is 1. The third kappa shape index (κ3) is 2.22. The van der Waals surface area contributed by atoms with Crippen LogP contribution in [-0.4, -0.2) is 29.8 Å². The number of aliphatic hydroxyl groups is 1. The average molecular weight is 252 g/mol. The molecule has 0 radical (unpaired) electrons. The zero-order valence-electron chi connectivity index (χ0n) is 11.1. The molecule has 1 unspecified atom stereocenters. The van der Waals surface area contributed by atoms with E-state index in [-0.39, 0.29) is 18.7 Å². The summed E-state index contributed by atoms with van der Waals surface area (Å²) in [6, 6.07) is 0.111. The van der Waals surface area contributed by atoms with Crippen LogP contribution in [0.15, 0.2) is 0 Å². The molecule has 4 bridgehead atoms. The summed E-state index contributed by atoms with van der Waals surface area (Å²) >= 11 is 0. The highest BCUT2D eigenvalue weighted by Gasteiger charge is 2.48. The smallest absolute Gasteiger partial charge is 0.315 e. The topological polar surface area (TPSA) is 61.4 Å². The van der Waals surface area contributed by atoms with Crippen LogP contribution in [0.1, 0.15) is 39.0 Å². The van der Waals surface area contributed by atoms with Crippen LogP contribution in [0.4, 0.5) is 4.79 Å². The largest absolute Gasteiger partial charge is 0.394 e. The van der Waals surface area contributed by atoms with Gasteiger partial charge in [-0.1, -0.05) is 0 Å². The lowest BCUT2D eigenvalue weighted by atomic mass is 9.54. The molecule has 0 aliphatic heterocycles. The number of nitrogens with one attached hydrogen (secondary N) is 2. The number of amides is 2. The Morgan fingerprint density at radius 3 is 2.22 bits per heavy atom. The maximum absolute atomic E-state index is 11.9. The van der Waals surface area contributed by atoms with Crippen molar-refractivity contribution in [2.24, 2.45) is 23.7 Å². The molecule has 4 nitrogen and oxygen atoms in total. The van der Waals surface area contributed by atoms with Crippen molar-refractivity contribution in [1.29, 1.82) is 0 Å². The van der Waals surface area contributed by atoms with E-state index in [4.69, 9.17) is 5.11 Å². The van der Waals surface area contributed by atoms with Crippen molar-refractivity contribution in [1.82, 2.24) is 10.6 Å². The number of hydrogen-bond acceptors (Lipinski definition) is 2. The molecule has 4 fully saturated rings. The van der Waals surface area contributed by atoms with Crippen molar-refractivity contribution in [3.05, 3.63) is 0 Å². The average Bonchev–Trinajstić information content (AvgIpc) is 2.32. The Hall–Kier alpha value is -0.770. The molecule has 4 saturated carbocycles. The van der Waals surface area contributed by atoms with Crippen molar-refractivity contribution >= 4 is 6.03 Å². The standard InChI is InChI=1S/C14H24N2O2/c1-8(7-17)15-14(18)16-13-11-3-9-2-10(5-11)6-12(13)4-9/h8-13,17H,2-7H2,1H3,(H2,15,16,18). The Bertz CT molecular complexity index is 304. The van der Waals surface area contributed by atoms with Gasteiger partial charge in [0.15, 0.2) is 0 Å². The molecule has 0 spiro atoms. The Morgan fingerprint density at radius 1 is 1.17 bits per heavy atom. The van der Waals surface area contributed by atoms with Gasteiger partial charge in [0.2, 0.25) is 0 Å². The van der Waals surface area contributed by atoms with Gasteiger partial charge in [-0.3, -0.25) is 0 Å². The summed E-state index contributed by atoms with van der Waals surface area (Å²) in [7, 11) is 0. The molecule has 3 N–H and O–H groups in total. The Morgan fingerprint density at radius 2 is 1.72 bits per heavy atom. The van der Waals surface area contributed by atoms with Gasteiger partial charge in [0.05, 0.1) is 12.6 Å². The first-order chi connectivity index (χ1) is 8.65. The minimum absolute atomic E-state index is 0.00487. The highest BCUT2D eigenvalue weighted by atomic mass is 16.3. The summed E-state index contributed by atoms with van der Waals surface area (Å²) in [5.74, 6) is 3.28. The molecule has 0 aromatic rings. The summed E-state index contributed by atoms with van der Waals surface area (Å²) in [4.78, 5) is 11.9. The van der Waals surface area contributed by atoms with Crippen LogP contribution < -0.4 is 10.6 Å². The minimum atomic E-state index is -0.165. The van der Waals surface area contributed by atoms with E-state index in [2.05, 4.69) is 10.6 Å². The molecule has 102 valence electrons. The summed E-state index contributed by atoms with van der Waals surface area (Å²) < 4.78 is 0. The van der Waals surface area contributed by atoms with Gasteiger partial charge in [-0.25, -0.2) is 4.79 Å². The van der Waals surface area contributed by atoms with E-state index in [9.17, 15) is 4.79 Å². The molecule has 2 amide bonds. The molecule has 4 heteroatoms. The highest BCUT2D eigenvalue weighted by molar-refractivity contribution is 5.74. The number of urea groups is 1. The molecule has 18 heavy (non-hydrogen) atoms. The number of aliphatic hydroxyl groups excluding tert-OH is 1. The van der Waals surface area contributed by atoms with E-state index in [0.29, 0.717) is 17.9 Å². The Kier molecular flexibility index (Phi) is 3.22. The first kappa shape index (κ1) is 12.3. The fourth-order valence-corrected chi connectivity index (χ4v) is 4.62. The zero-order chi connectivity index (χ0) is 12.7. The molecule has 0 heterocycles. The van der Waals surface area contributed by atoms with E-state index < -0.39 is 0 Å². The molecule has 1 atom stereocenters. The van der Waals surface area contributed by atoms with E-state index in [1.807, 2.05) is 6.92 Å². The minimum Gasteiger partial charge on any atom is -0.394 e. The summed E-state index contributed by atoms with van der Waals surface area (Å²) in [6.07, 6.45) is 6.69. The Balaban J connectivity index is 1.58. The van der Waals surface area contributed by atoms with Crippen molar-refractivity contribution in [2.45, 2.75) is 51.1 Å². The number of carbonyl (C=O) groups excluding carboxylic acids is 1. The lowest BCUT2D eigenvalue weighted by Gasteiger charge is -2.54. The summed E-state index contributed by atoms with van der Waals surface area (Å²) in [5, 5.41) is 14.9. The molecular formula is C14H24N2O2. The predicted molar refractivity (Wildman–Crippen MR) is 69.0 cm³/mol. The lowest BCUT2D eigenvalue weighted by Crippen LogP contribution is -2.58. The molecule has 0 aromatic carbocycles. The van der Waals surface area contributed by atoms with Crippen LogP contribution in [0.5, 0.6) is 0 Å². The second-order valence-electron chi connectivity index (χ2n) is 6.66. The van der Waals surface area contributed by atoms with Gasteiger partial charge < -0.3 is 15.7 Å². The molecular weight excluding hydrogens is 228 g/mol. The second-order valence-corrected chi connectivity index (χ2v) is 6.66. The van der Waals surface area contributed by atoms with E-state index >= 15 is 0 Å². The first-order valence-electron chi connectivity index (χ1n) is 7.33. The molecule has 0 saturated heterocycles. The quantitative estimate of drug-likeness (QED) is 0.712. The predicted octanol–water partition coefficient (Wildman–Crippen LogP) is 1.49. The van der Waals surface area contributed by atoms with E-state index in [1.54, 1.807) is 0 Å². The second kappa shape index (κ2) is 4.72. The van der Waals surface area contributed by atoms with Gasteiger partial charge >= 0.3 is 6.03 Å². The lowest BCUT2D eigenvalue weighted by molar-refractivity contribution is -0.00956. The molecule has 4 aliphatic carbocycles. The van der Waals surface area contributed by atoms with Gasteiger partial charge in [0, 0.05) is 6.04 Å². The number of rotatable bonds is 3. The molecule has 4 aliphatic rings. The normalized spacial score (nSPS) is 42.7. The fourth-order valence-electron chi connectivity index (χ4n) is 4.62. The van der Waals surface area contributed by atoms with E-state index in [0.717, 1.165) is 11.8 Å². The maximum Gasteiger partial charge on any atom is 0.315 e. The highest BCUT2D eigenvalue weighted by Crippen LogP contribution is 2.53. The number of hydrogen-bond donors (Lipinski definition) is 3. The van der Waals surface area contributed by atoms with Crippen molar-refractivity contribution in [2.75, 3.05) is 6.61 Å². The van der Waals surface area contributed by atoms with E-state index in [1.165, 1.54) is 32.1 Å². The monoisotopic (exact) mass is 252 g/mol. The van der Waals surface area contributed by atoms with Crippen LogP contribution in [0.25, 0.3) is 0 Å². The van der Waals surface area contributed by atoms with Gasteiger partial charge in [0.25, 0.3) is 0 Å². The SMILES string of the molecule is CC(CO)NC(=O)NC1C2CC3CC(C2)CC1C3. The van der Waals surface area contributed by atoms with Crippen LogP contribution in [0.3, 0.4) is 0 Å². The van der Waals surface area contributed by atoms with Crippen molar-refractivity contribution in [3.63, 3.8) is 0 Å². The molecule has 4 rings (SSSR count). The van der Waals surface area contributed by atoms with Gasteiger partial charge in [-0.15, -0.1) is 0 Å². The van der Waals surface area contributed by atoms with Gasteiger partial charge in [-0.2, -0.15) is 0 Å². The van der Waals surface area contributed by atoms with Crippen LogP contribution in [0.2, 0.25) is 0 Å². The van der Waals surface area contributed by atoms with Gasteiger partial charge in [-0.05, 0) is 62.7 Å². The van der Waals surface area contributed by atoms with Crippen LogP contribution in [-0.2, 0) is 0 Å². The summed E-state index contributed by atoms with van der Waals surface area (Å²) in [5.41, 5.74) is 0. The third-order valence-corrected chi connectivity index (χ3v) is 5.18. The van der Waals surface area contributed by atoms with Crippen LogP contribution >= 0.6 is 0 Å². The Labute approximate surface area is 109 Å². The third-order valence-electron chi connectivity index (χ3n) is 5.18. The van der Waals surface area contributed by atoms with Crippen molar-refractivity contribution < 1.29 is 9.90 Å². The molecule has 0 aromatic heterocycles. The van der Waals surface area contributed by atoms with Crippen molar-refractivity contribution in [3.8, 4) is 0 Å². The summed E-state index contributed by atoms with van der Waals surface area (Å²) in [6.45, 7) is 1.81. The van der Waals surface area contributed by atoms with Gasteiger partial charge in [0.1, 0.15) is 0 Å². The first-order valence-corrected chi connectivity index (χ1v) is 7.33. The zero-order valence-corrected chi connectivity index (χ0v) is 11.1. The fraction of sp³-hybridized carbons (Fsp3) is 0.929. The maximum atomic E-state index is 11.9. The van der Waals surface area contributed by atoms with Crippen LogP contribution in [0, 0.1) is 23.7 Å².